The molecule has 0 aromatic rings. The third-order valence-electron chi connectivity index (χ3n) is 10.5. The molecule has 0 spiro atoms. The predicted molar refractivity (Wildman–Crippen MR) is 210 cm³/mol. The highest BCUT2D eigenvalue weighted by Crippen LogP contribution is 2.17. The first kappa shape index (κ1) is 45.0. The maximum atomic E-state index is 2.60. The summed E-state index contributed by atoms with van der Waals surface area (Å²) >= 11 is 0. The maximum Gasteiger partial charge on any atom is -0.0386 e. The van der Waals surface area contributed by atoms with Crippen LogP contribution in [0.25, 0.3) is 0 Å². The topological polar surface area (TPSA) is 0 Å². The molecule has 0 amide bonds. The van der Waals surface area contributed by atoms with Crippen LogP contribution in [0, 0.1) is 6.42 Å². The Balaban J connectivity index is 3.03. The highest BCUT2D eigenvalue weighted by atomic mass is 14.0. The molecule has 0 unspecified atom stereocenters. The van der Waals surface area contributed by atoms with E-state index in [0.29, 0.717) is 0 Å². The SMILES string of the molecule is CCCCCCCCCCCCCCCCCCCCCC[CH]CCCCCCCCCCCCCCCCCCCCCC. The van der Waals surface area contributed by atoms with E-state index in [1.807, 2.05) is 0 Å². The second kappa shape index (κ2) is 44.0. The van der Waals surface area contributed by atoms with Crippen LogP contribution in [-0.2, 0) is 0 Å². The van der Waals surface area contributed by atoms with Crippen molar-refractivity contribution in [1.82, 2.24) is 0 Å². The van der Waals surface area contributed by atoms with E-state index in [1.54, 1.807) is 0 Å². The van der Waals surface area contributed by atoms with Gasteiger partial charge in [-0.1, -0.05) is 284 Å². The standard InChI is InChI=1S/C45H91/c1-3-5-7-9-11-13-15-17-19-21-23-25-27-29-31-33-35-37-39-41-43-45-44-42-40-38-36-34-32-30-28-26-24-22-20-18-16-14-12-10-8-6-4-2/h45H,3-44H2,1-2H3. The van der Waals surface area contributed by atoms with Crippen LogP contribution in [-0.4, -0.2) is 0 Å². The van der Waals surface area contributed by atoms with Crippen LogP contribution in [0.2, 0.25) is 0 Å². The van der Waals surface area contributed by atoms with Crippen molar-refractivity contribution in [2.45, 2.75) is 284 Å². The molecule has 0 aliphatic rings. The molecule has 0 aromatic carbocycles. The molecule has 0 heteroatoms. The minimum absolute atomic E-state index is 1.37. The Morgan fingerprint density at radius 3 is 0.467 bits per heavy atom. The Morgan fingerprint density at radius 2 is 0.311 bits per heavy atom. The van der Waals surface area contributed by atoms with Gasteiger partial charge in [0.05, 0.1) is 0 Å². The summed E-state index contributed by atoms with van der Waals surface area (Å²) in [5.74, 6) is 0. The summed E-state index contributed by atoms with van der Waals surface area (Å²) in [6.45, 7) is 4.62. The first-order chi connectivity index (χ1) is 22.4. The molecule has 271 valence electrons. The van der Waals surface area contributed by atoms with Gasteiger partial charge in [0.2, 0.25) is 0 Å². The van der Waals surface area contributed by atoms with Crippen LogP contribution in [0.4, 0.5) is 0 Å². The second-order valence-electron chi connectivity index (χ2n) is 15.3. The lowest BCUT2D eigenvalue weighted by atomic mass is 10.0. The summed E-state index contributed by atoms with van der Waals surface area (Å²) in [5.41, 5.74) is 0. The predicted octanol–water partition coefficient (Wildman–Crippen LogP) is 17.6. The van der Waals surface area contributed by atoms with Crippen molar-refractivity contribution in [3.8, 4) is 0 Å². The van der Waals surface area contributed by atoms with Crippen LogP contribution in [0.3, 0.4) is 0 Å². The quantitative estimate of drug-likeness (QED) is 0.0588. The van der Waals surface area contributed by atoms with Crippen molar-refractivity contribution in [2.75, 3.05) is 0 Å². The molecule has 0 nitrogen and oxygen atoms in total. The van der Waals surface area contributed by atoms with E-state index in [0.717, 1.165) is 0 Å². The monoisotopic (exact) mass is 632 g/mol. The molecular weight excluding hydrogens is 540 g/mol. The molecule has 0 fully saturated rings. The van der Waals surface area contributed by atoms with Gasteiger partial charge in [0.15, 0.2) is 0 Å². The lowest BCUT2D eigenvalue weighted by Gasteiger charge is -2.05. The smallest absolute Gasteiger partial charge is 0.0386 e. The highest BCUT2D eigenvalue weighted by molar-refractivity contribution is 4.65. The van der Waals surface area contributed by atoms with Crippen molar-refractivity contribution in [2.24, 2.45) is 0 Å². The van der Waals surface area contributed by atoms with Crippen molar-refractivity contribution in [3.63, 3.8) is 0 Å². The van der Waals surface area contributed by atoms with Gasteiger partial charge in [-0.3, -0.25) is 0 Å². The number of hydrogen-bond acceptors (Lipinski definition) is 0. The molecule has 0 heterocycles. The van der Waals surface area contributed by atoms with E-state index in [2.05, 4.69) is 20.3 Å². The fourth-order valence-electron chi connectivity index (χ4n) is 7.23. The largest absolute Gasteiger partial charge is 0.0654 e. The van der Waals surface area contributed by atoms with Gasteiger partial charge in [-0.25, -0.2) is 0 Å². The molecule has 0 saturated carbocycles. The van der Waals surface area contributed by atoms with Crippen molar-refractivity contribution in [3.05, 3.63) is 6.42 Å². The summed E-state index contributed by atoms with van der Waals surface area (Å²) in [6.07, 6.45) is 64.4. The molecule has 0 aromatic heterocycles. The normalized spacial score (nSPS) is 11.6. The summed E-state index contributed by atoms with van der Waals surface area (Å²) < 4.78 is 0. The number of rotatable bonds is 42. The zero-order valence-electron chi connectivity index (χ0n) is 32.3. The fraction of sp³-hybridized carbons (Fsp3) is 0.978. The number of hydrogen-bond donors (Lipinski definition) is 0. The Hall–Kier alpha value is 0. The molecule has 0 atom stereocenters. The van der Waals surface area contributed by atoms with Crippen LogP contribution < -0.4 is 0 Å². The molecule has 0 saturated heterocycles. The first-order valence-electron chi connectivity index (χ1n) is 22.2. The van der Waals surface area contributed by atoms with Crippen LogP contribution in [0.5, 0.6) is 0 Å². The summed E-state index contributed by atoms with van der Waals surface area (Å²) in [6, 6.07) is 0. The van der Waals surface area contributed by atoms with Gasteiger partial charge in [-0.05, 0) is 6.42 Å². The zero-order chi connectivity index (χ0) is 32.4. The van der Waals surface area contributed by atoms with Gasteiger partial charge in [0, 0.05) is 0 Å². The zero-order valence-corrected chi connectivity index (χ0v) is 32.3. The van der Waals surface area contributed by atoms with Crippen molar-refractivity contribution < 1.29 is 0 Å². The number of unbranched alkanes of at least 4 members (excludes halogenated alkanes) is 42. The highest BCUT2D eigenvalue weighted by Gasteiger charge is 1.98. The molecular formula is C45H91. The van der Waals surface area contributed by atoms with E-state index in [9.17, 15) is 0 Å². The van der Waals surface area contributed by atoms with Gasteiger partial charge < -0.3 is 0 Å². The Kier molecular flexibility index (Phi) is 44.0. The van der Waals surface area contributed by atoms with Crippen LogP contribution in [0.15, 0.2) is 0 Å². The average Bonchev–Trinajstić information content (AvgIpc) is 3.05. The maximum absolute atomic E-state index is 2.60. The van der Waals surface area contributed by atoms with Gasteiger partial charge in [0.1, 0.15) is 0 Å². The third-order valence-corrected chi connectivity index (χ3v) is 10.5. The lowest BCUT2D eigenvalue weighted by Crippen LogP contribution is -1.85. The van der Waals surface area contributed by atoms with Gasteiger partial charge in [-0.2, -0.15) is 0 Å². The average molecular weight is 632 g/mol. The Morgan fingerprint density at radius 1 is 0.178 bits per heavy atom. The molecule has 0 bridgehead atoms. The van der Waals surface area contributed by atoms with E-state index < -0.39 is 0 Å². The minimum Gasteiger partial charge on any atom is -0.0654 e. The summed E-state index contributed by atoms with van der Waals surface area (Å²) in [5, 5.41) is 0. The first-order valence-corrected chi connectivity index (χ1v) is 22.2. The summed E-state index contributed by atoms with van der Waals surface area (Å²) in [7, 11) is 0. The second-order valence-corrected chi connectivity index (χ2v) is 15.3. The van der Waals surface area contributed by atoms with Crippen LogP contribution in [0.1, 0.15) is 284 Å². The Bertz CT molecular complexity index is 425. The fourth-order valence-corrected chi connectivity index (χ4v) is 7.23. The van der Waals surface area contributed by atoms with Gasteiger partial charge in [-0.15, -0.1) is 0 Å². The lowest BCUT2D eigenvalue weighted by molar-refractivity contribution is 0.519. The van der Waals surface area contributed by atoms with Gasteiger partial charge in [0.25, 0.3) is 0 Å². The third kappa shape index (κ3) is 44.0. The minimum atomic E-state index is 1.37. The molecule has 1 radical (unpaired) electrons. The van der Waals surface area contributed by atoms with E-state index in [1.165, 1.54) is 270 Å². The van der Waals surface area contributed by atoms with E-state index >= 15 is 0 Å². The van der Waals surface area contributed by atoms with E-state index in [4.69, 9.17) is 0 Å². The summed E-state index contributed by atoms with van der Waals surface area (Å²) in [4.78, 5) is 0. The van der Waals surface area contributed by atoms with E-state index in [-0.39, 0.29) is 0 Å². The van der Waals surface area contributed by atoms with Crippen LogP contribution >= 0.6 is 0 Å². The van der Waals surface area contributed by atoms with Gasteiger partial charge >= 0.3 is 0 Å². The van der Waals surface area contributed by atoms with Crippen molar-refractivity contribution >= 4 is 0 Å². The molecule has 0 aliphatic carbocycles. The Labute approximate surface area is 289 Å². The van der Waals surface area contributed by atoms with Crippen molar-refractivity contribution in [1.29, 1.82) is 0 Å². The molecule has 45 heavy (non-hydrogen) atoms. The molecule has 0 aliphatic heterocycles. The molecule has 0 N–H and O–H groups in total. The molecule has 0 rings (SSSR count).